The largest absolute Gasteiger partial charge is 0.496 e. The molecule has 0 spiro atoms. The van der Waals surface area contributed by atoms with Gasteiger partial charge in [-0.3, -0.25) is 4.79 Å². The van der Waals surface area contributed by atoms with Gasteiger partial charge in [-0.1, -0.05) is 39.0 Å². The molecule has 4 saturated carbocycles. The second-order valence-electron chi connectivity index (χ2n) is 13.5. The third-order valence-corrected chi connectivity index (χ3v) is 12.0. The summed E-state index contributed by atoms with van der Waals surface area (Å²) in [7, 11) is 1.66. The van der Waals surface area contributed by atoms with Gasteiger partial charge in [-0.2, -0.15) is 0 Å². The Morgan fingerprint density at radius 2 is 1.86 bits per heavy atom. The average molecular weight is 512 g/mol. The van der Waals surface area contributed by atoms with E-state index >= 15 is 0 Å². The van der Waals surface area contributed by atoms with E-state index in [-0.39, 0.29) is 28.9 Å². The molecule has 4 aliphatic rings. The Labute approximate surface area is 223 Å². The zero-order valence-corrected chi connectivity index (χ0v) is 23.4. The first kappa shape index (κ1) is 27.0. The van der Waals surface area contributed by atoms with Crippen molar-refractivity contribution in [2.75, 3.05) is 7.11 Å². The highest BCUT2D eigenvalue weighted by Crippen LogP contribution is 2.68. The van der Waals surface area contributed by atoms with Crippen LogP contribution in [0.15, 0.2) is 24.3 Å². The summed E-state index contributed by atoms with van der Waals surface area (Å²) in [6.07, 6.45) is 9.79. The number of hydrogen-bond acceptors (Lipinski definition) is 4. The summed E-state index contributed by atoms with van der Waals surface area (Å²) in [5, 5.41) is 25.1. The molecule has 5 nitrogen and oxygen atoms in total. The lowest BCUT2D eigenvalue weighted by atomic mass is 9.43. The Bertz CT molecular complexity index is 966. The first-order valence-corrected chi connectivity index (χ1v) is 14.9. The number of aliphatic hydroxyl groups excluding tert-OH is 2. The molecule has 1 aromatic rings. The van der Waals surface area contributed by atoms with Crippen molar-refractivity contribution in [2.24, 2.45) is 46.3 Å². The maximum Gasteiger partial charge on any atom is 0.220 e. The van der Waals surface area contributed by atoms with Gasteiger partial charge in [0.1, 0.15) is 5.75 Å². The minimum Gasteiger partial charge on any atom is -0.496 e. The van der Waals surface area contributed by atoms with Crippen LogP contribution in [-0.2, 0) is 11.3 Å². The van der Waals surface area contributed by atoms with Gasteiger partial charge >= 0.3 is 0 Å². The highest BCUT2D eigenvalue weighted by molar-refractivity contribution is 5.75. The van der Waals surface area contributed by atoms with E-state index < -0.39 is 0 Å². The van der Waals surface area contributed by atoms with Gasteiger partial charge in [0.15, 0.2) is 0 Å². The van der Waals surface area contributed by atoms with Crippen molar-refractivity contribution in [1.82, 2.24) is 5.32 Å². The van der Waals surface area contributed by atoms with E-state index in [1.807, 2.05) is 24.3 Å². The Kier molecular flexibility index (Phi) is 7.68. The molecule has 4 fully saturated rings. The van der Waals surface area contributed by atoms with Crippen LogP contribution in [0.3, 0.4) is 0 Å². The fraction of sp³-hybridized carbons (Fsp3) is 0.781. The summed E-state index contributed by atoms with van der Waals surface area (Å²) in [4.78, 5) is 12.7. The third-order valence-electron chi connectivity index (χ3n) is 12.0. The molecule has 0 saturated heterocycles. The first-order chi connectivity index (χ1) is 17.7. The Hall–Kier alpha value is -1.59. The number of methoxy groups -OCH3 is 1. The molecule has 0 aliphatic heterocycles. The van der Waals surface area contributed by atoms with Crippen LogP contribution >= 0.6 is 0 Å². The van der Waals surface area contributed by atoms with E-state index in [4.69, 9.17) is 4.74 Å². The number of aliphatic hydroxyl groups is 2. The summed E-state index contributed by atoms with van der Waals surface area (Å²) in [5.41, 5.74) is 1.22. The molecule has 0 radical (unpaired) electrons. The van der Waals surface area contributed by atoms with Crippen LogP contribution in [0.2, 0.25) is 0 Å². The highest BCUT2D eigenvalue weighted by atomic mass is 16.5. The van der Waals surface area contributed by atoms with Crippen LogP contribution in [-0.4, -0.2) is 35.4 Å². The summed E-state index contributed by atoms with van der Waals surface area (Å²) in [6.45, 7) is 7.66. The Morgan fingerprint density at radius 3 is 2.65 bits per heavy atom. The van der Waals surface area contributed by atoms with Crippen LogP contribution in [0.1, 0.15) is 90.5 Å². The molecule has 1 amide bonds. The number of carbonyl (C=O) groups excluding carboxylic acids is 1. The number of nitrogens with one attached hydrogen (secondary N) is 1. The molecule has 10 atom stereocenters. The van der Waals surface area contributed by atoms with Gasteiger partial charge in [0.05, 0.1) is 19.3 Å². The zero-order chi connectivity index (χ0) is 26.4. The van der Waals surface area contributed by atoms with Crippen molar-refractivity contribution < 1.29 is 19.7 Å². The van der Waals surface area contributed by atoms with E-state index in [1.54, 1.807) is 7.11 Å². The molecule has 37 heavy (non-hydrogen) atoms. The third kappa shape index (κ3) is 4.73. The molecule has 0 bridgehead atoms. The molecule has 1 aromatic carbocycles. The topological polar surface area (TPSA) is 78.8 Å². The van der Waals surface area contributed by atoms with E-state index in [2.05, 4.69) is 26.1 Å². The number of hydrogen-bond donors (Lipinski definition) is 3. The van der Waals surface area contributed by atoms with E-state index in [0.29, 0.717) is 48.5 Å². The van der Waals surface area contributed by atoms with Crippen LogP contribution in [0.5, 0.6) is 5.75 Å². The normalized spacial score (nSPS) is 41.7. The predicted molar refractivity (Wildman–Crippen MR) is 146 cm³/mol. The number of fused-ring (bicyclic) bond motifs is 5. The van der Waals surface area contributed by atoms with Gasteiger partial charge in [-0.25, -0.2) is 0 Å². The van der Waals surface area contributed by atoms with Crippen LogP contribution in [0.25, 0.3) is 0 Å². The minimum atomic E-state index is -0.268. The predicted octanol–water partition coefficient (Wildman–Crippen LogP) is 5.72. The maximum absolute atomic E-state index is 12.7. The summed E-state index contributed by atoms with van der Waals surface area (Å²) >= 11 is 0. The van der Waals surface area contributed by atoms with Crippen molar-refractivity contribution in [3.05, 3.63) is 29.8 Å². The molecular formula is C32H49NO4. The van der Waals surface area contributed by atoms with Crippen LogP contribution in [0, 0.1) is 46.3 Å². The minimum absolute atomic E-state index is 0.0498. The van der Waals surface area contributed by atoms with E-state index in [0.717, 1.165) is 43.4 Å². The lowest BCUT2D eigenvalue weighted by molar-refractivity contribution is -0.174. The van der Waals surface area contributed by atoms with Crippen molar-refractivity contribution in [2.45, 2.75) is 104 Å². The van der Waals surface area contributed by atoms with Crippen molar-refractivity contribution in [3.8, 4) is 5.75 Å². The molecule has 10 unspecified atom stereocenters. The Balaban J connectivity index is 1.21. The zero-order valence-electron chi connectivity index (χ0n) is 23.4. The number of carbonyl (C=O) groups is 1. The average Bonchev–Trinajstić information content (AvgIpc) is 3.26. The van der Waals surface area contributed by atoms with E-state index in [1.165, 1.54) is 25.7 Å². The van der Waals surface area contributed by atoms with E-state index in [9.17, 15) is 15.0 Å². The lowest BCUT2D eigenvalue weighted by Gasteiger charge is -2.62. The van der Waals surface area contributed by atoms with Crippen molar-refractivity contribution >= 4 is 5.91 Å². The molecule has 0 aromatic heterocycles. The molecule has 0 heterocycles. The summed E-state index contributed by atoms with van der Waals surface area (Å²) in [6, 6.07) is 7.82. The smallest absolute Gasteiger partial charge is 0.220 e. The number of benzene rings is 1. The molecule has 3 N–H and O–H groups in total. The van der Waals surface area contributed by atoms with Gasteiger partial charge < -0.3 is 20.3 Å². The standard InChI is InChI=1S/C32H49NO4/c1-20(9-14-30(36)33-19-21-7-5-6-8-28(21)37-4)25-12-13-26-24-11-10-22-17-23(34)15-16-31(22,2)27(24)18-29(35)32(25,26)3/h5-8,20,22-27,29,34-35H,9-19H2,1-4H3,(H,33,36). The number of ether oxygens (including phenoxy) is 1. The van der Waals surface area contributed by atoms with Crippen molar-refractivity contribution in [1.29, 1.82) is 0 Å². The molecule has 4 aliphatic carbocycles. The van der Waals surface area contributed by atoms with Crippen LogP contribution in [0.4, 0.5) is 0 Å². The van der Waals surface area contributed by atoms with Gasteiger partial charge in [-0.05, 0) is 110 Å². The first-order valence-electron chi connectivity index (χ1n) is 14.9. The fourth-order valence-electron chi connectivity index (χ4n) is 9.85. The van der Waals surface area contributed by atoms with Gasteiger partial charge in [0.2, 0.25) is 5.91 Å². The monoisotopic (exact) mass is 511 g/mol. The quantitative estimate of drug-likeness (QED) is 0.438. The Morgan fingerprint density at radius 1 is 1.08 bits per heavy atom. The van der Waals surface area contributed by atoms with Gasteiger partial charge in [0, 0.05) is 18.5 Å². The summed E-state index contributed by atoms with van der Waals surface area (Å²) in [5.74, 6) is 4.25. The second-order valence-corrected chi connectivity index (χ2v) is 13.5. The molecule has 206 valence electrons. The molecule has 5 heteroatoms. The summed E-state index contributed by atoms with van der Waals surface area (Å²) < 4.78 is 5.41. The van der Waals surface area contributed by atoms with Gasteiger partial charge in [-0.15, -0.1) is 0 Å². The highest BCUT2D eigenvalue weighted by Gasteiger charge is 2.63. The maximum atomic E-state index is 12.7. The fourth-order valence-corrected chi connectivity index (χ4v) is 9.85. The van der Waals surface area contributed by atoms with Gasteiger partial charge in [0.25, 0.3) is 0 Å². The number of para-hydroxylation sites is 1. The molecular weight excluding hydrogens is 462 g/mol. The SMILES string of the molecule is COc1ccccc1CNC(=O)CCC(C)C1CCC2C3CCC4CC(O)CCC4(C)C3CC(O)C12C. The number of amides is 1. The van der Waals surface area contributed by atoms with Crippen molar-refractivity contribution in [3.63, 3.8) is 0 Å². The van der Waals surface area contributed by atoms with Crippen LogP contribution < -0.4 is 10.1 Å². The second kappa shape index (κ2) is 10.5. The number of rotatable bonds is 7. The lowest BCUT2D eigenvalue weighted by Crippen LogP contribution is -2.58. The molecule has 5 rings (SSSR count).